The molecule has 0 bridgehead atoms. The fourth-order valence-corrected chi connectivity index (χ4v) is 0.765. The van der Waals surface area contributed by atoms with Crippen LogP contribution in [-0.4, -0.2) is 45.3 Å². The number of hydrogen-bond donors (Lipinski definition) is 4. The Morgan fingerprint density at radius 2 is 1.64 bits per heavy atom. The molecule has 80 valence electrons. The Kier molecular flexibility index (Phi) is 4.57. The molecule has 7 nitrogen and oxygen atoms in total. The maximum atomic E-state index is 10.5. The van der Waals surface area contributed by atoms with Crippen LogP contribution in [0.2, 0.25) is 0 Å². The number of carbonyl (C=O) groups is 3. The van der Waals surface area contributed by atoms with E-state index < -0.39 is 36.4 Å². The normalized spacial score (nSPS) is 14.4. The van der Waals surface area contributed by atoms with E-state index in [0.717, 1.165) is 0 Å². The van der Waals surface area contributed by atoms with Crippen LogP contribution in [0.4, 0.5) is 0 Å². The van der Waals surface area contributed by atoms with Crippen molar-refractivity contribution in [2.24, 2.45) is 0 Å². The summed E-state index contributed by atoms with van der Waals surface area (Å²) in [5, 5.41) is 27.5. The van der Waals surface area contributed by atoms with Crippen LogP contribution in [0.5, 0.6) is 0 Å². The van der Waals surface area contributed by atoms with Crippen LogP contribution < -0.4 is 5.32 Å². The summed E-state index contributed by atoms with van der Waals surface area (Å²) in [6.45, 7) is 1.24. The molecule has 4 N–H and O–H groups in total. The molecule has 0 radical (unpaired) electrons. The molecule has 0 amide bonds. The van der Waals surface area contributed by atoms with E-state index in [0.29, 0.717) is 0 Å². The largest absolute Gasteiger partial charge is 0.481 e. The van der Waals surface area contributed by atoms with Crippen molar-refractivity contribution in [3.05, 3.63) is 0 Å². The zero-order valence-electron chi connectivity index (χ0n) is 7.43. The monoisotopic (exact) mass is 205 g/mol. The molecule has 14 heavy (non-hydrogen) atoms. The van der Waals surface area contributed by atoms with E-state index in [9.17, 15) is 14.4 Å². The van der Waals surface area contributed by atoms with Crippen molar-refractivity contribution >= 4 is 17.9 Å². The molecule has 0 saturated carbocycles. The molecule has 7 heteroatoms. The lowest BCUT2D eigenvalue weighted by atomic mass is 10.2. The molecule has 0 saturated heterocycles. The maximum Gasteiger partial charge on any atom is 0.321 e. The molecule has 0 heterocycles. The SMILES string of the molecule is C[C@H](N[C@@H](CC(=O)O)C(=O)O)C(=O)O. The number of nitrogens with one attached hydrogen (secondary N) is 1. The topological polar surface area (TPSA) is 124 Å². The predicted molar refractivity (Wildman–Crippen MR) is 43.9 cm³/mol. The van der Waals surface area contributed by atoms with Crippen molar-refractivity contribution < 1.29 is 29.7 Å². The Labute approximate surface area is 79.3 Å². The number of carboxylic acids is 3. The van der Waals surface area contributed by atoms with Gasteiger partial charge in [-0.2, -0.15) is 0 Å². The van der Waals surface area contributed by atoms with Crippen LogP contribution in [0.1, 0.15) is 13.3 Å². The summed E-state index contributed by atoms with van der Waals surface area (Å²) in [5.41, 5.74) is 0. The van der Waals surface area contributed by atoms with Gasteiger partial charge in [0, 0.05) is 0 Å². The Morgan fingerprint density at radius 3 is 1.93 bits per heavy atom. The van der Waals surface area contributed by atoms with Gasteiger partial charge < -0.3 is 15.3 Å². The van der Waals surface area contributed by atoms with E-state index in [1.165, 1.54) is 6.92 Å². The summed E-state index contributed by atoms with van der Waals surface area (Å²) in [4.78, 5) is 31.0. The van der Waals surface area contributed by atoms with E-state index in [2.05, 4.69) is 5.32 Å². The van der Waals surface area contributed by atoms with Crippen LogP contribution in [-0.2, 0) is 14.4 Å². The van der Waals surface area contributed by atoms with Gasteiger partial charge in [0.05, 0.1) is 6.42 Å². The number of hydrogen-bond acceptors (Lipinski definition) is 4. The third-order valence-electron chi connectivity index (χ3n) is 1.50. The second-order valence-electron chi connectivity index (χ2n) is 2.72. The van der Waals surface area contributed by atoms with Crippen molar-refractivity contribution in [1.82, 2.24) is 5.32 Å². The van der Waals surface area contributed by atoms with Crippen LogP contribution >= 0.6 is 0 Å². The Hall–Kier alpha value is -1.63. The van der Waals surface area contributed by atoms with Gasteiger partial charge in [-0.25, -0.2) is 0 Å². The summed E-state index contributed by atoms with van der Waals surface area (Å²) in [5.74, 6) is -3.93. The highest BCUT2D eigenvalue weighted by Crippen LogP contribution is 1.95. The molecule has 0 rings (SSSR count). The van der Waals surface area contributed by atoms with E-state index in [-0.39, 0.29) is 0 Å². The third-order valence-corrected chi connectivity index (χ3v) is 1.50. The molecular formula is C7H11NO6. The van der Waals surface area contributed by atoms with Gasteiger partial charge in [-0.3, -0.25) is 19.7 Å². The van der Waals surface area contributed by atoms with Gasteiger partial charge in [0.2, 0.25) is 0 Å². The molecular weight excluding hydrogens is 194 g/mol. The summed E-state index contributed by atoms with van der Waals surface area (Å²) in [6.07, 6.45) is -0.660. The summed E-state index contributed by atoms with van der Waals surface area (Å²) < 4.78 is 0. The molecule has 0 aromatic heterocycles. The van der Waals surface area contributed by atoms with Crippen molar-refractivity contribution in [3.63, 3.8) is 0 Å². The van der Waals surface area contributed by atoms with Crippen LogP contribution in [0, 0.1) is 0 Å². The minimum absolute atomic E-state index is 0.660. The molecule has 0 aliphatic rings. The van der Waals surface area contributed by atoms with Crippen molar-refractivity contribution in [1.29, 1.82) is 0 Å². The molecule has 0 fully saturated rings. The zero-order valence-corrected chi connectivity index (χ0v) is 7.43. The molecule has 0 aliphatic carbocycles. The average molecular weight is 205 g/mol. The smallest absolute Gasteiger partial charge is 0.321 e. The molecule has 2 atom stereocenters. The molecule has 0 aliphatic heterocycles. The molecule has 0 aromatic rings. The predicted octanol–water partition coefficient (Wildman–Crippen LogP) is -1.02. The second-order valence-corrected chi connectivity index (χ2v) is 2.72. The third kappa shape index (κ3) is 4.41. The van der Waals surface area contributed by atoms with E-state index in [4.69, 9.17) is 15.3 Å². The van der Waals surface area contributed by atoms with Crippen LogP contribution in [0.25, 0.3) is 0 Å². The maximum absolute atomic E-state index is 10.5. The van der Waals surface area contributed by atoms with Crippen LogP contribution in [0.3, 0.4) is 0 Å². The highest BCUT2D eigenvalue weighted by Gasteiger charge is 2.24. The van der Waals surface area contributed by atoms with Gasteiger partial charge >= 0.3 is 17.9 Å². The fourth-order valence-electron chi connectivity index (χ4n) is 0.765. The minimum atomic E-state index is -1.39. The summed E-state index contributed by atoms with van der Waals surface area (Å²) >= 11 is 0. The molecule has 0 aromatic carbocycles. The lowest BCUT2D eigenvalue weighted by Crippen LogP contribution is -2.46. The Bertz CT molecular complexity index is 251. The molecule has 0 unspecified atom stereocenters. The van der Waals surface area contributed by atoms with E-state index >= 15 is 0 Å². The Balaban J connectivity index is 4.30. The zero-order chi connectivity index (χ0) is 11.3. The lowest BCUT2D eigenvalue weighted by molar-refractivity contribution is -0.147. The van der Waals surface area contributed by atoms with Gasteiger partial charge in [-0.05, 0) is 6.92 Å². The fraction of sp³-hybridized carbons (Fsp3) is 0.571. The van der Waals surface area contributed by atoms with E-state index in [1.54, 1.807) is 0 Å². The lowest BCUT2D eigenvalue weighted by Gasteiger charge is -2.15. The van der Waals surface area contributed by atoms with Crippen molar-refractivity contribution in [2.45, 2.75) is 25.4 Å². The highest BCUT2D eigenvalue weighted by molar-refractivity contribution is 5.82. The highest BCUT2D eigenvalue weighted by atomic mass is 16.4. The number of carboxylic acid groups (broad SMARTS) is 3. The van der Waals surface area contributed by atoms with Gasteiger partial charge in [0.25, 0.3) is 0 Å². The first-order chi connectivity index (χ1) is 6.34. The number of aliphatic carboxylic acids is 3. The minimum Gasteiger partial charge on any atom is -0.481 e. The van der Waals surface area contributed by atoms with E-state index in [1.807, 2.05) is 0 Å². The van der Waals surface area contributed by atoms with Crippen molar-refractivity contribution in [2.75, 3.05) is 0 Å². The first-order valence-corrected chi connectivity index (χ1v) is 3.78. The van der Waals surface area contributed by atoms with Gasteiger partial charge in [-0.15, -0.1) is 0 Å². The van der Waals surface area contributed by atoms with Crippen LogP contribution in [0.15, 0.2) is 0 Å². The molecule has 0 spiro atoms. The quantitative estimate of drug-likeness (QED) is 0.437. The Morgan fingerprint density at radius 1 is 1.14 bits per heavy atom. The van der Waals surface area contributed by atoms with Gasteiger partial charge in [0.15, 0.2) is 0 Å². The summed E-state index contributed by atoms with van der Waals surface area (Å²) in [6, 6.07) is -2.49. The standard InChI is InChI=1S/C7H11NO6/c1-3(6(11)12)8-4(7(13)14)2-5(9)10/h3-4,8H,2H2,1H3,(H,9,10)(H,11,12)(H,13,14)/t3-,4-/m0/s1. The first kappa shape index (κ1) is 12.4. The number of rotatable bonds is 6. The average Bonchev–Trinajstić information content (AvgIpc) is 2.01. The van der Waals surface area contributed by atoms with Crippen molar-refractivity contribution in [3.8, 4) is 0 Å². The summed E-state index contributed by atoms with van der Waals surface area (Å²) in [7, 11) is 0. The first-order valence-electron chi connectivity index (χ1n) is 3.78. The van der Waals surface area contributed by atoms with Gasteiger partial charge in [-0.1, -0.05) is 0 Å². The van der Waals surface area contributed by atoms with Gasteiger partial charge in [0.1, 0.15) is 12.1 Å². The second kappa shape index (κ2) is 5.18.